The molecule has 0 saturated carbocycles. The summed E-state index contributed by atoms with van der Waals surface area (Å²) in [4.78, 5) is 0. The van der Waals surface area contributed by atoms with Crippen molar-refractivity contribution in [2.75, 3.05) is 0 Å². The Morgan fingerprint density at radius 1 is 1.05 bits per heavy atom. The smallest absolute Gasteiger partial charge is 0.126 e. The molecule has 1 nitrogen and oxygen atoms in total. The van der Waals surface area contributed by atoms with Crippen LogP contribution in [0.15, 0.2) is 42.5 Å². The summed E-state index contributed by atoms with van der Waals surface area (Å²) >= 11 is 0. The lowest BCUT2D eigenvalue weighted by Gasteiger charge is -2.15. The van der Waals surface area contributed by atoms with Gasteiger partial charge in [-0.05, 0) is 55.5 Å². The first kappa shape index (κ1) is 14.7. The van der Waals surface area contributed by atoms with Gasteiger partial charge < -0.3 is 5.32 Å². The van der Waals surface area contributed by atoms with Gasteiger partial charge in [0.05, 0.1) is 0 Å². The first-order valence-corrected chi connectivity index (χ1v) is 7.09. The molecule has 0 aliphatic carbocycles. The minimum atomic E-state index is -0.129. The fourth-order valence-electron chi connectivity index (χ4n) is 2.28. The van der Waals surface area contributed by atoms with Crippen molar-refractivity contribution in [2.45, 2.75) is 39.8 Å². The number of rotatable bonds is 5. The fourth-order valence-corrected chi connectivity index (χ4v) is 2.28. The molecule has 1 atom stereocenters. The van der Waals surface area contributed by atoms with E-state index in [0.29, 0.717) is 18.2 Å². The van der Waals surface area contributed by atoms with E-state index in [2.05, 4.69) is 43.4 Å². The molecule has 0 amide bonds. The molecule has 0 aliphatic heterocycles. The van der Waals surface area contributed by atoms with Gasteiger partial charge in [0, 0.05) is 12.6 Å². The highest BCUT2D eigenvalue weighted by Crippen LogP contribution is 2.11. The van der Waals surface area contributed by atoms with Crippen LogP contribution in [0.4, 0.5) is 4.39 Å². The standard InChI is InChI=1S/C18H22FN/c1-13-6-4-5-7-17(13)10-15(3)20-12-16-9-8-14(2)18(19)11-16/h4-9,11,15,20H,10,12H2,1-3H3. The molecular formula is C18H22FN. The van der Waals surface area contributed by atoms with Gasteiger partial charge in [0.1, 0.15) is 5.82 Å². The molecule has 1 N–H and O–H groups in total. The normalized spacial score (nSPS) is 12.4. The van der Waals surface area contributed by atoms with Crippen LogP contribution >= 0.6 is 0 Å². The van der Waals surface area contributed by atoms with Crippen molar-refractivity contribution >= 4 is 0 Å². The number of hydrogen-bond donors (Lipinski definition) is 1. The van der Waals surface area contributed by atoms with Crippen LogP contribution in [0.25, 0.3) is 0 Å². The van der Waals surface area contributed by atoms with Crippen molar-refractivity contribution in [3.8, 4) is 0 Å². The summed E-state index contributed by atoms with van der Waals surface area (Å²) in [5, 5.41) is 3.45. The second-order valence-electron chi connectivity index (χ2n) is 5.50. The molecule has 0 fully saturated rings. The zero-order valence-corrected chi connectivity index (χ0v) is 12.4. The van der Waals surface area contributed by atoms with Crippen molar-refractivity contribution in [2.24, 2.45) is 0 Å². The number of aryl methyl sites for hydroxylation is 2. The summed E-state index contributed by atoms with van der Waals surface area (Å²) in [6.45, 7) is 6.78. The van der Waals surface area contributed by atoms with E-state index in [1.165, 1.54) is 11.1 Å². The van der Waals surface area contributed by atoms with Crippen LogP contribution in [0.3, 0.4) is 0 Å². The van der Waals surface area contributed by atoms with Crippen molar-refractivity contribution in [1.29, 1.82) is 0 Å². The molecule has 0 heterocycles. The van der Waals surface area contributed by atoms with Crippen LogP contribution in [0, 0.1) is 19.7 Å². The molecule has 2 heteroatoms. The predicted octanol–water partition coefficient (Wildman–Crippen LogP) is 4.16. The highest BCUT2D eigenvalue weighted by molar-refractivity contribution is 5.26. The molecule has 2 aromatic carbocycles. The number of benzene rings is 2. The van der Waals surface area contributed by atoms with Crippen LogP contribution in [-0.4, -0.2) is 6.04 Å². The van der Waals surface area contributed by atoms with E-state index in [1.54, 1.807) is 13.0 Å². The van der Waals surface area contributed by atoms with Gasteiger partial charge >= 0.3 is 0 Å². The lowest BCUT2D eigenvalue weighted by atomic mass is 10.0. The molecule has 1 unspecified atom stereocenters. The first-order chi connectivity index (χ1) is 9.56. The van der Waals surface area contributed by atoms with Crippen molar-refractivity contribution in [3.63, 3.8) is 0 Å². The molecule has 2 rings (SSSR count). The second-order valence-corrected chi connectivity index (χ2v) is 5.50. The summed E-state index contributed by atoms with van der Waals surface area (Å²) in [6, 6.07) is 14.2. The molecule has 2 aromatic rings. The lowest BCUT2D eigenvalue weighted by Crippen LogP contribution is -2.27. The Labute approximate surface area is 120 Å². The van der Waals surface area contributed by atoms with E-state index in [0.717, 1.165) is 12.0 Å². The SMILES string of the molecule is Cc1ccc(CNC(C)Cc2ccccc2C)cc1F. The lowest BCUT2D eigenvalue weighted by molar-refractivity contribution is 0.541. The summed E-state index contributed by atoms with van der Waals surface area (Å²) in [5.74, 6) is -0.129. The average Bonchev–Trinajstić information content (AvgIpc) is 2.43. The van der Waals surface area contributed by atoms with Crippen LogP contribution in [0.2, 0.25) is 0 Å². The average molecular weight is 271 g/mol. The molecule has 20 heavy (non-hydrogen) atoms. The second kappa shape index (κ2) is 6.67. The summed E-state index contributed by atoms with van der Waals surface area (Å²) in [7, 11) is 0. The van der Waals surface area contributed by atoms with E-state index in [-0.39, 0.29) is 5.82 Å². The van der Waals surface area contributed by atoms with Gasteiger partial charge in [-0.1, -0.05) is 36.4 Å². The van der Waals surface area contributed by atoms with E-state index >= 15 is 0 Å². The minimum absolute atomic E-state index is 0.129. The molecule has 0 spiro atoms. The quantitative estimate of drug-likeness (QED) is 0.861. The minimum Gasteiger partial charge on any atom is -0.310 e. The van der Waals surface area contributed by atoms with Crippen LogP contribution in [0.1, 0.15) is 29.2 Å². The fraction of sp³-hybridized carbons (Fsp3) is 0.333. The molecule has 0 aromatic heterocycles. The largest absolute Gasteiger partial charge is 0.310 e. The van der Waals surface area contributed by atoms with Gasteiger partial charge in [0.15, 0.2) is 0 Å². The van der Waals surface area contributed by atoms with Crippen LogP contribution in [0.5, 0.6) is 0 Å². The molecule has 0 saturated heterocycles. The Kier molecular flexibility index (Phi) is 4.91. The van der Waals surface area contributed by atoms with Gasteiger partial charge in [-0.3, -0.25) is 0 Å². The van der Waals surface area contributed by atoms with Crippen LogP contribution < -0.4 is 5.32 Å². The van der Waals surface area contributed by atoms with E-state index in [4.69, 9.17) is 0 Å². The van der Waals surface area contributed by atoms with E-state index in [1.807, 2.05) is 12.1 Å². The maximum atomic E-state index is 13.5. The zero-order valence-electron chi connectivity index (χ0n) is 12.4. The third-order valence-electron chi connectivity index (χ3n) is 3.68. The highest BCUT2D eigenvalue weighted by Gasteiger charge is 2.06. The third-order valence-corrected chi connectivity index (χ3v) is 3.68. The maximum Gasteiger partial charge on any atom is 0.126 e. The summed E-state index contributed by atoms with van der Waals surface area (Å²) < 4.78 is 13.5. The monoisotopic (exact) mass is 271 g/mol. The molecule has 0 radical (unpaired) electrons. The van der Waals surface area contributed by atoms with Gasteiger partial charge in [0.2, 0.25) is 0 Å². The van der Waals surface area contributed by atoms with Gasteiger partial charge in [0.25, 0.3) is 0 Å². The van der Waals surface area contributed by atoms with E-state index in [9.17, 15) is 4.39 Å². The molecule has 0 bridgehead atoms. The Bertz CT molecular complexity index is 577. The Morgan fingerprint density at radius 2 is 1.80 bits per heavy atom. The zero-order chi connectivity index (χ0) is 14.5. The summed E-state index contributed by atoms with van der Waals surface area (Å²) in [5.41, 5.74) is 4.37. The summed E-state index contributed by atoms with van der Waals surface area (Å²) in [6.07, 6.45) is 0.987. The van der Waals surface area contributed by atoms with Gasteiger partial charge in [-0.25, -0.2) is 4.39 Å². The Morgan fingerprint density at radius 3 is 2.50 bits per heavy atom. The topological polar surface area (TPSA) is 12.0 Å². The van der Waals surface area contributed by atoms with Gasteiger partial charge in [-0.2, -0.15) is 0 Å². The first-order valence-electron chi connectivity index (χ1n) is 7.09. The predicted molar refractivity (Wildman–Crippen MR) is 82.3 cm³/mol. The van der Waals surface area contributed by atoms with Crippen molar-refractivity contribution in [1.82, 2.24) is 5.32 Å². The number of nitrogens with one attached hydrogen (secondary N) is 1. The van der Waals surface area contributed by atoms with Crippen LogP contribution in [-0.2, 0) is 13.0 Å². The molecular weight excluding hydrogens is 249 g/mol. The molecule has 0 aliphatic rings. The Hall–Kier alpha value is -1.67. The third kappa shape index (κ3) is 3.91. The maximum absolute atomic E-state index is 13.5. The highest BCUT2D eigenvalue weighted by atomic mass is 19.1. The number of halogens is 1. The molecule has 106 valence electrons. The Balaban J connectivity index is 1.90. The van der Waals surface area contributed by atoms with Gasteiger partial charge in [-0.15, -0.1) is 0 Å². The van der Waals surface area contributed by atoms with Crippen molar-refractivity contribution in [3.05, 3.63) is 70.5 Å². The van der Waals surface area contributed by atoms with Crippen molar-refractivity contribution < 1.29 is 4.39 Å². The number of hydrogen-bond acceptors (Lipinski definition) is 1. The van der Waals surface area contributed by atoms with E-state index < -0.39 is 0 Å².